The van der Waals surface area contributed by atoms with Crippen LogP contribution in [0, 0.1) is 6.92 Å². The zero-order valence-electron chi connectivity index (χ0n) is 15.1. The van der Waals surface area contributed by atoms with Crippen molar-refractivity contribution in [1.29, 1.82) is 0 Å². The largest absolute Gasteiger partial charge is 0.313 e. The number of fused-ring (bicyclic) bond motifs is 1. The molecule has 0 spiro atoms. The Morgan fingerprint density at radius 1 is 1.29 bits per heavy atom. The van der Waals surface area contributed by atoms with Crippen molar-refractivity contribution in [2.24, 2.45) is 7.05 Å². The molecule has 0 aliphatic carbocycles. The molecule has 0 saturated heterocycles. The van der Waals surface area contributed by atoms with Gasteiger partial charge >= 0.3 is 0 Å². The number of hydrogen-bond donors (Lipinski definition) is 1. The van der Waals surface area contributed by atoms with Crippen molar-refractivity contribution >= 4 is 45.0 Å². The lowest BCUT2D eigenvalue weighted by molar-refractivity contribution is 0.102. The third kappa shape index (κ3) is 3.21. The summed E-state index contributed by atoms with van der Waals surface area (Å²) >= 11 is 7.43. The number of rotatable bonds is 4. The number of thiophene rings is 1. The fourth-order valence-corrected chi connectivity index (χ4v) is 4.18. The Kier molecular flexibility index (Phi) is 4.74. The van der Waals surface area contributed by atoms with E-state index in [1.807, 2.05) is 24.3 Å². The molecule has 7 nitrogen and oxygen atoms in total. The van der Waals surface area contributed by atoms with Crippen LogP contribution < -0.4 is 10.9 Å². The lowest BCUT2D eigenvalue weighted by Crippen LogP contribution is -2.18. The van der Waals surface area contributed by atoms with E-state index >= 15 is 0 Å². The first-order valence-electron chi connectivity index (χ1n) is 8.46. The monoisotopic (exact) mass is 413 g/mol. The van der Waals surface area contributed by atoms with E-state index in [1.165, 1.54) is 22.2 Å². The Morgan fingerprint density at radius 2 is 2.07 bits per heavy atom. The minimum absolute atomic E-state index is 0.169. The van der Waals surface area contributed by atoms with Crippen molar-refractivity contribution in [3.8, 4) is 0 Å². The third-order valence-electron chi connectivity index (χ3n) is 4.46. The average molecular weight is 414 g/mol. The summed E-state index contributed by atoms with van der Waals surface area (Å²) in [6.45, 7) is 2.23. The molecule has 4 rings (SSSR count). The van der Waals surface area contributed by atoms with E-state index in [4.69, 9.17) is 11.6 Å². The molecule has 1 amide bonds. The first-order valence-corrected chi connectivity index (χ1v) is 9.65. The molecule has 3 aromatic heterocycles. The van der Waals surface area contributed by atoms with Gasteiger partial charge in [0.15, 0.2) is 0 Å². The standard InChI is InChI=1S/C19H16ClN5O2S/c1-11-14-17(22-10-24(2)18(14)27)28-15(11)16(26)23-19-21-7-8-25(19)9-12-5-3-4-6-13(12)20/h3-8,10H,9H2,1-2H3,(H,21,23,26). The van der Waals surface area contributed by atoms with Gasteiger partial charge in [-0.1, -0.05) is 29.8 Å². The molecule has 3 heterocycles. The van der Waals surface area contributed by atoms with Crippen molar-refractivity contribution in [2.75, 3.05) is 5.32 Å². The number of imidazole rings is 1. The second-order valence-electron chi connectivity index (χ2n) is 6.32. The number of amides is 1. The van der Waals surface area contributed by atoms with Crippen LogP contribution >= 0.6 is 22.9 Å². The topological polar surface area (TPSA) is 81.8 Å². The van der Waals surface area contributed by atoms with Crippen molar-refractivity contribution in [3.05, 3.63) is 74.4 Å². The number of carbonyl (C=O) groups is 1. The molecule has 1 aromatic carbocycles. The molecule has 0 aliphatic heterocycles. The Labute approximate surface area is 169 Å². The summed E-state index contributed by atoms with van der Waals surface area (Å²) in [6.07, 6.45) is 4.84. The van der Waals surface area contributed by atoms with Gasteiger partial charge in [0.25, 0.3) is 11.5 Å². The zero-order valence-corrected chi connectivity index (χ0v) is 16.7. The molecule has 0 atom stereocenters. The summed E-state index contributed by atoms with van der Waals surface area (Å²) in [7, 11) is 1.64. The van der Waals surface area contributed by atoms with Crippen LogP contribution in [0.15, 0.2) is 47.8 Å². The van der Waals surface area contributed by atoms with Gasteiger partial charge in [0.05, 0.1) is 23.1 Å². The van der Waals surface area contributed by atoms with Gasteiger partial charge in [-0.2, -0.15) is 0 Å². The van der Waals surface area contributed by atoms with E-state index in [0.29, 0.717) is 38.2 Å². The second-order valence-corrected chi connectivity index (χ2v) is 7.73. The van der Waals surface area contributed by atoms with Gasteiger partial charge in [0.2, 0.25) is 5.95 Å². The Hall–Kier alpha value is -2.97. The van der Waals surface area contributed by atoms with E-state index in [9.17, 15) is 9.59 Å². The van der Waals surface area contributed by atoms with Gasteiger partial charge in [-0.25, -0.2) is 9.97 Å². The van der Waals surface area contributed by atoms with E-state index in [2.05, 4.69) is 15.3 Å². The normalized spacial score (nSPS) is 11.1. The first-order chi connectivity index (χ1) is 13.5. The molecule has 0 saturated carbocycles. The molecule has 142 valence electrons. The van der Waals surface area contributed by atoms with Crippen LogP contribution in [0.2, 0.25) is 5.02 Å². The number of aryl methyl sites for hydroxylation is 2. The molecule has 4 aromatic rings. The number of hydrogen-bond acceptors (Lipinski definition) is 5. The molecule has 0 radical (unpaired) electrons. The van der Waals surface area contributed by atoms with Crippen molar-refractivity contribution in [2.45, 2.75) is 13.5 Å². The number of anilines is 1. The Bertz CT molecular complexity index is 1260. The highest BCUT2D eigenvalue weighted by Gasteiger charge is 2.20. The van der Waals surface area contributed by atoms with Gasteiger partial charge in [0, 0.05) is 24.5 Å². The lowest BCUT2D eigenvalue weighted by atomic mass is 10.2. The molecule has 1 N–H and O–H groups in total. The predicted octanol–water partition coefficient (Wildman–Crippen LogP) is 3.45. The summed E-state index contributed by atoms with van der Waals surface area (Å²) in [5, 5.41) is 3.95. The quantitative estimate of drug-likeness (QED) is 0.555. The minimum atomic E-state index is -0.325. The number of nitrogens with zero attached hydrogens (tertiary/aromatic N) is 4. The fourth-order valence-electron chi connectivity index (χ4n) is 2.95. The van der Waals surface area contributed by atoms with Gasteiger partial charge in [-0.15, -0.1) is 11.3 Å². The van der Waals surface area contributed by atoms with Crippen molar-refractivity contribution in [1.82, 2.24) is 19.1 Å². The summed E-state index contributed by atoms with van der Waals surface area (Å²) in [4.78, 5) is 34.7. The van der Waals surface area contributed by atoms with Crippen LogP contribution in [0.1, 0.15) is 20.8 Å². The molecule has 28 heavy (non-hydrogen) atoms. The van der Waals surface area contributed by atoms with Gasteiger partial charge in [0.1, 0.15) is 4.83 Å². The van der Waals surface area contributed by atoms with Crippen LogP contribution in [0.5, 0.6) is 0 Å². The first kappa shape index (κ1) is 18.4. The maximum atomic E-state index is 12.9. The lowest BCUT2D eigenvalue weighted by Gasteiger charge is -2.10. The van der Waals surface area contributed by atoms with Gasteiger partial charge < -0.3 is 9.13 Å². The summed E-state index contributed by atoms with van der Waals surface area (Å²) < 4.78 is 3.21. The number of benzene rings is 1. The summed E-state index contributed by atoms with van der Waals surface area (Å²) in [6, 6.07) is 7.51. The second kappa shape index (κ2) is 7.21. The molecule has 0 fully saturated rings. The zero-order chi connectivity index (χ0) is 19.8. The Balaban J connectivity index is 1.64. The molecule has 0 unspecified atom stereocenters. The van der Waals surface area contributed by atoms with Crippen LogP contribution in [-0.2, 0) is 13.6 Å². The maximum absolute atomic E-state index is 12.9. The van der Waals surface area contributed by atoms with E-state index in [0.717, 1.165) is 5.56 Å². The SMILES string of the molecule is Cc1c(C(=O)Nc2nccn2Cc2ccccc2Cl)sc2ncn(C)c(=O)c12. The van der Waals surface area contributed by atoms with Gasteiger partial charge in [-0.3, -0.25) is 14.9 Å². The average Bonchev–Trinajstić information content (AvgIpc) is 3.24. The number of halogens is 1. The maximum Gasteiger partial charge on any atom is 0.268 e. The Morgan fingerprint density at radius 3 is 2.86 bits per heavy atom. The van der Waals surface area contributed by atoms with Crippen LogP contribution in [0.25, 0.3) is 10.2 Å². The van der Waals surface area contributed by atoms with Crippen molar-refractivity contribution < 1.29 is 4.79 Å². The number of nitrogens with one attached hydrogen (secondary N) is 1. The summed E-state index contributed by atoms with van der Waals surface area (Å²) in [5.74, 6) is 0.0804. The van der Waals surface area contributed by atoms with E-state index in [-0.39, 0.29) is 11.5 Å². The number of aromatic nitrogens is 4. The molecular formula is C19H16ClN5O2S. The third-order valence-corrected chi connectivity index (χ3v) is 6.02. The highest BCUT2D eigenvalue weighted by Crippen LogP contribution is 2.27. The molecule has 0 bridgehead atoms. The smallest absolute Gasteiger partial charge is 0.268 e. The number of carbonyl (C=O) groups excluding carboxylic acids is 1. The van der Waals surface area contributed by atoms with Crippen LogP contribution in [0.3, 0.4) is 0 Å². The minimum Gasteiger partial charge on any atom is -0.313 e. The van der Waals surface area contributed by atoms with Crippen LogP contribution in [0.4, 0.5) is 5.95 Å². The van der Waals surface area contributed by atoms with E-state index in [1.54, 1.807) is 30.9 Å². The van der Waals surface area contributed by atoms with Gasteiger partial charge in [-0.05, 0) is 24.1 Å². The van der Waals surface area contributed by atoms with Crippen LogP contribution in [-0.4, -0.2) is 25.0 Å². The molecule has 0 aliphatic rings. The summed E-state index contributed by atoms with van der Waals surface area (Å²) in [5.41, 5.74) is 1.37. The fraction of sp³-hybridized carbons (Fsp3) is 0.158. The molecule has 9 heteroatoms. The highest BCUT2D eigenvalue weighted by molar-refractivity contribution is 7.20. The highest BCUT2D eigenvalue weighted by atomic mass is 35.5. The van der Waals surface area contributed by atoms with Crippen molar-refractivity contribution in [3.63, 3.8) is 0 Å². The molecular weight excluding hydrogens is 398 g/mol. The van der Waals surface area contributed by atoms with E-state index < -0.39 is 0 Å². The predicted molar refractivity (Wildman–Crippen MR) is 110 cm³/mol.